The number of esters is 2. The number of rotatable bonds is 12. The average molecular weight is 408 g/mol. The van der Waals surface area contributed by atoms with Crippen LogP contribution in [0, 0.1) is 0 Å². The molecule has 0 amide bonds. The first-order chi connectivity index (χ1) is 14.6. The van der Waals surface area contributed by atoms with Gasteiger partial charge in [0.25, 0.3) is 0 Å². The number of ether oxygens (including phenoxy) is 4. The van der Waals surface area contributed by atoms with Crippen LogP contribution in [0.15, 0.2) is 86.2 Å². The molecule has 0 bridgehead atoms. The molecule has 0 aliphatic rings. The number of hydrogen-bond acceptors (Lipinski definition) is 6. The molecule has 2 rings (SSSR count). The molecule has 0 aromatic heterocycles. The maximum Gasteiger partial charge on any atom is 0.330 e. The lowest BCUT2D eigenvalue weighted by Gasteiger charge is -2.08. The van der Waals surface area contributed by atoms with Crippen molar-refractivity contribution in [3.8, 4) is 22.6 Å². The van der Waals surface area contributed by atoms with Crippen LogP contribution in [0.5, 0.6) is 11.5 Å². The average Bonchev–Trinajstić information content (AvgIpc) is 2.79. The van der Waals surface area contributed by atoms with E-state index in [2.05, 4.69) is 13.2 Å². The maximum atomic E-state index is 10.9. The third-order valence-corrected chi connectivity index (χ3v) is 3.80. The first-order valence-corrected chi connectivity index (χ1v) is 9.35. The van der Waals surface area contributed by atoms with Crippen molar-refractivity contribution in [3.05, 3.63) is 86.2 Å². The number of hydrogen-bond donors (Lipinski definition) is 0. The van der Waals surface area contributed by atoms with Crippen molar-refractivity contribution in [2.75, 3.05) is 19.8 Å². The van der Waals surface area contributed by atoms with Crippen molar-refractivity contribution < 1.29 is 28.5 Å². The Bertz CT molecular complexity index is 866. The largest absolute Gasteiger partial charge is 0.493 e. The molecule has 30 heavy (non-hydrogen) atoms. The molecule has 6 nitrogen and oxygen atoms in total. The van der Waals surface area contributed by atoms with Gasteiger partial charge in [-0.2, -0.15) is 0 Å². The Kier molecular flexibility index (Phi) is 9.46. The Hall–Kier alpha value is -3.80. The second-order valence-electron chi connectivity index (χ2n) is 5.95. The van der Waals surface area contributed by atoms with Crippen LogP contribution in [-0.4, -0.2) is 31.8 Å². The fourth-order valence-corrected chi connectivity index (χ4v) is 2.31. The van der Waals surface area contributed by atoms with E-state index in [1.165, 1.54) is 6.26 Å². The third-order valence-electron chi connectivity index (χ3n) is 3.80. The minimum absolute atomic E-state index is 0.122. The SMILES string of the molecule is C=CC(=O)OC/C=C/Oc1ccc(-c2ccc(OCCCOC(=O)C=C)cc2)cc1. The number of benzene rings is 2. The Morgan fingerprint density at radius 1 is 0.767 bits per heavy atom. The van der Waals surface area contributed by atoms with Gasteiger partial charge < -0.3 is 18.9 Å². The molecule has 0 fully saturated rings. The second-order valence-corrected chi connectivity index (χ2v) is 5.95. The predicted molar refractivity (Wildman–Crippen MR) is 114 cm³/mol. The van der Waals surface area contributed by atoms with Gasteiger partial charge in [0.1, 0.15) is 18.1 Å². The van der Waals surface area contributed by atoms with Crippen molar-refractivity contribution in [3.63, 3.8) is 0 Å². The van der Waals surface area contributed by atoms with Crippen LogP contribution in [0.3, 0.4) is 0 Å². The molecule has 0 unspecified atom stereocenters. The van der Waals surface area contributed by atoms with Crippen molar-refractivity contribution in [2.45, 2.75) is 6.42 Å². The summed E-state index contributed by atoms with van der Waals surface area (Å²) in [5.74, 6) is 0.508. The summed E-state index contributed by atoms with van der Waals surface area (Å²) in [5, 5.41) is 0. The standard InChI is InChI=1S/C24H24O6/c1-3-23(25)29-17-5-15-27-21-11-7-19(8-12-21)20-9-13-22(14-10-20)28-16-6-18-30-24(26)4-2/h3-5,7-15H,1-2,6,16-18H2/b15-5+. The van der Waals surface area contributed by atoms with Crippen LogP contribution in [0.4, 0.5) is 0 Å². The lowest BCUT2D eigenvalue weighted by atomic mass is 10.1. The molecule has 0 N–H and O–H groups in total. The molecule has 6 heteroatoms. The van der Waals surface area contributed by atoms with Gasteiger partial charge in [0.2, 0.25) is 0 Å². The molecule has 0 saturated carbocycles. The summed E-state index contributed by atoms with van der Waals surface area (Å²) in [6.45, 7) is 7.53. The van der Waals surface area contributed by atoms with Gasteiger partial charge in [-0.15, -0.1) is 0 Å². The van der Waals surface area contributed by atoms with E-state index in [1.807, 2.05) is 48.5 Å². The van der Waals surface area contributed by atoms with E-state index in [9.17, 15) is 9.59 Å². The van der Waals surface area contributed by atoms with Gasteiger partial charge in [0, 0.05) is 18.6 Å². The predicted octanol–water partition coefficient (Wildman–Crippen LogP) is 4.47. The van der Waals surface area contributed by atoms with Gasteiger partial charge in [-0.1, -0.05) is 37.4 Å². The molecule has 0 spiro atoms. The summed E-state index contributed by atoms with van der Waals surface area (Å²) < 4.78 is 20.8. The summed E-state index contributed by atoms with van der Waals surface area (Å²) in [6, 6.07) is 15.3. The molecule has 0 saturated heterocycles. The van der Waals surface area contributed by atoms with Crippen LogP contribution in [-0.2, 0) is 19.1 Å². The minimum Gasteiger partial charge on any atom is -0.493 e. The van der Waals surface area contributed by atoms with E-state index in [-0.39, 0.29) is 6.61 Å². The first kappa shape index (κ1) is 22.5. The zero-order valence-corrected chi connectivity index (χ0v) is 16.6. The molecule has 0 heterocycles. The minimum atomic E-state index is -0.477. The van der Waals surface area contributed by atoms with E-state index in [0.29, 0.717) is 25.4 Å². The summed E-state index contributed by atoms with van der Waals surface area (Å²) in [6.07, 6.45) is 5.91. The van der Waals surface area contributed by atoms with Crippen molar-refractivity contribution in [1.29, 1.82) is 0 Å². The summed E-state index contributed by atoms with van der Waals surface area (Å²) >= 11 is 0. The highest BCUT2D eigenvalue weighted by atomic mass is 16.5. The highest BCUT2D eigenvalue weighted by molar-refractivity contribution is 5.81. The molecule has 0 aliphatic carbocycles. The van der Waals surface area contributed by atoms with Crippen molar-refractivity contribution in [2.24, 2.45) is 0 Å². The summed E-state index contributed by atoms with van der Waals surface area (Å²) in [5.41, 5.74) is 2.08. The van der Waals surface area contributed by atoms with Crippen molar-refractivity contribution >= 4 is 11.9 Å². The second kappa shape index (κ2) is 12.6. The van der Waals surface area contributed by atoms with Crippen LogP contribution in [0.1, 0.15) is 6.42 Å². The molecule has 0 radical (unpaired) electrons. The number of carbonyl (C=O) groups excluding carboxylic acids is 2. The third kappa shape index (κ3) is 8.06. The quantitative estimate of drug-likeness (QED) is 0.223. The lowest BCUT2D eigenvalue weighted by molar-refractivity contribution is -0.138. The zero-order valence-electron chi connectivity index (χ0n) is 16.6. The van der Waals surface area contributed by atoms with Gasteiger partial charge in [0.15, 0.2) is 0 Å². The Balaban J connectivity index is 1.77. The van der Waals surface area contributed by atoms with Crippen LogP contribution >= 0.6 is 0 Å². The fraction of sp³-hybridized carbons (Fsp3) is 0.167. The highest BCUT2D eigenvalue weighted by Gasteiger charge is 2.01. The van der Waals surface area contributed by atoms with E-state index < -0.39 is 11.9 Å². The normalized spacial score (nSPS) is 10.3. The highest BCUT2D eigenvalue weighted by Crippen LogP contribution is 2.24. The Morgan fingerprint density at radius 3 is 1.93 bits per heavy atom. The van der Waals surface area contributed by atoms with E-state index in [0.717, 1.165) is 29.0 Å². The molecule has 2 aromatic carbocycles. The molecule has 0 aliphatic heterocycles. The monoisotopic (exact) mass is 408 g/mol. The molecular weight excluding hydrogens is 384 g/mol. The van der Waals surface area contributed by atoms with Gasteiger partial charge in [-0.3, -0.25) is 0 Å². The van der Waals surface area contributed by atoms with Crippen LogP contribution in [0.2, 0.25) is 0 Å². The van der Waals surface area contributed by atoms with Crippen LogP contribution in [0.25, 0.3) is 11.1 Å². The maximum absolute atomic E-state index is 10.9. The smallest absolute Gasteiger partial charge is 0.330 e. The Labute approximate surface area is 176 Å². The Morgan fingerprint density at radius 2 is 1.33 bits per heavy atom. The molecule has 0 atom stereocenters. The van der Waals surface area contributed by atoms with Gasteiger partial charge in [-0.05, 0) is 41.5 Å². The van der Waals surface area contributed by atoms with Gasteiger partial charge in [-0.25, -0.2) is 9.59 Å². The van der Waals surface area contributed by atoms with Gasteiger partial charge in [0.05, 0.1) is 19.5 Å². The van der Waals surface area contributed by atoms with Crippen LogP contribution < -0.4 is 9.47 Å². The topological polar surface area (TPSA) is 71.1 Å². The van der Waals surface area contributed by atoms with E-state index in [1.54, 1.807) is 6.08 Å². The first-order valence-electron chi connectivity index (χ1n) is 9.35. The van der Waals surface area contributed by atoms with Crippen molar-refractivity contribution in [1.82, 2.24) is 0 Å². The molecular formula is C24H24O6. The fourth-order valence-electron chi connectivity index (χ4n) is 2.31. The summed E-state index contributed by atoms with van der Waals surface area (Å²) in [4.78, 5) is 21.8. The lowest BCUT2D eigenvalue weighted by Crippen LogP contribution is -2.06. The van der Waals surface area contributed by atoms with E-state index >= 15 is 0 Å². The van der Waals surface area contributed by atoms with Gasteiger partial charge >= 0.3 is 11.9 Å². The molecule has 156 valence electrons. The van der Waals surface area contributed by atoms with E-state index in [4.69, 9.17) is 18.9 Å². The zero-order chi connectivity index (χ0) is 21.6. The number of carbonyl (C=O) groups is 2. The molecule has 2 aromatic rings. The summed E-state index contributed by atoms with van der Waals surface area (Å²) in [7, 11) is 0.